The van der Waals surface area contributed by atoms with E-state index in [2.05, 4.69) is 22.6 Å². The maximum Gasteiger partial charge on any atom is 0.115 e. The molecule has 9 heavy (non-hydrogen) atoms. The van der Waals surface area contributed by atoms with Crippen LogP contribution in [-0.2, 0) is 0 Å². The predicted octanol–water partition coefficient (Wildman–Crippen LogP) is 2.95. The summed E-state index contributed by atoms with van der Waals surface area (Å²) in [6.07, 6.45) is 6.83. The van der Waals surface area contributed by atoms with E-state index in [9.17, 15) is 0 Å². The lowest BCUT2D eigenvalue weighted by Gasteiger charge is -1.83. The van der Waals surface area contributed by atoms with Crippen molar-refractivity contribution in [1.29, 1.82) is 0 Å². The summed E-state index contributed by atoms with van der Waals surface area (Å²) < 4.78 is 1.83. The summed E-state index contributed by atoms with van der Waals surface area (Å²) in [5.74, 6) is 0.283. The summed E-state index contributed by atoms with van der Waals surface area (Å²) in [6, 6.07) is 0. The molecule has 0 aliphatic rings. The van der Waals surface area contributed by atoms with Gasteiger partial charge in [-0.2, -0.15) is 0 Å². The van der Waals surface area contributed by atoms with Crippen LogP contribution < -0.4 is 0 Å². The van der Waals surface area contributed by atoms with Crippen molar-refractivity contribution in [1.82, 2.24) is 0 Å². The molecule has 1 nitrogen and oxygen atoms in total. The number of rotatable bonds is 2. The van der Waals surface area contributed by atoms with E-state index in [1.807, 2.05) is 11.0 Å². The van der Waals surface area contributed by atoms with E-state index in [-0.39, 0.29) is 5.76 Å². The van der Waals surface area contributed by atoms with Crippen molar-refractivity contribution < 1.29 is 5.11 Å². The molecule has 2 heteroatoms. The highest BCUT2D eigenvalue weighted by atomic mass is 127. The predicted molar refractivity (Wildman–Crippen MR) is 48.7 cm³/mol. The Hall–Kier alpha value is -0.250. The van der Waals surface area contributed by atoms with Crippen LogP contribution >= 0.6 is 22.6 Å². The van der Waals surface area contributed by atoms with Gasteiger partial charge in [0.05, 0.1) is 0 Å². The van der Waals surface area contributed by atoms with Crippen LogP contribution in [0, 0.1) is 0 Å². The summed E-state index contributed by atoms with van der Waals surface area (Å²) >= 11 is 2.09. The van der Waals surface area contributed by atoms with Gasteiger partial charge in [-0.05, 0) is 23.2 Å². The van der Waals surface area contributed by atoms with Crippen molar-refractivity contribution >= 4 is 22.6 Å². The molecule has 0 amide bonds. The average molecular weight is 236 g/mol. The van der Waals surface area contributed by atoms with Gasteiger partial charge in [-0.3, -0.25) is 0 Å². The minimum atomic E-state index is 0.283. The summed E-state index contributed by atoms with van der Waals surface area (Å²) in [7, 11) is 0. The minimum Gasteiger partial charge on any atom is -0.508 e. The molecule has 0 saturated carbocycles. The second-order valence-electron chi connectivity index (χ2n) is 1.41. The van der Waals surface area contributed by atoms with E-state index in [4.69, 9.17) is 5.11 Å². The molecule has 0 aromatic heterocycles. The first-order valence-electron chi connectivity index (χ1n) is 2.60. The second-order valence-corrected chi connectivity index (χ2v) is 2.13. The number of allylic oxidation sites excluding steroid dienone is 4. The van der Waals surface area contributed by atoms with E-state index >= 15 is 0 Å². The normalized spacial score (nSPS) is 13.8. The highest BCUT2D eigenvalue weighted by Crippen LogP contribution is 1.92. The van der Waals surface area contributed by atoms with Crippen LogP contribution in [0.25, 0.3) is 0 Å². The number of halogens is 1. The third-order valence-corrected chi connectivity index (χ3v) is 1.09. The van der Waals surface area contributed by atoms with Gasteiger partial charge in [-0.15, -0.1) is 0 Å². The van der Waals surface area contributed by atoms with Crippen LogP contribution in [0.2, 0.25) is 0 Å². The van der Waals surface area contributed by atoms with Crippen LogP contribution in [0.15, 0.2) is 34.1 Å². The first kappa shape index (κ1) is 8.75. The lowest BCUT2D eigenvalue weighted by molar-refractivity contribution is 0.432. The first-order chi connectivity index (χ1) is 4.31. The zero-order valence-electron chi connectivity index (χ0n) is 5.21. The standard InChI is InChI=1S/C7H9IO/c1-2-4-7(9)5-3-6-8/h2-6,9H,1H3/b4-2-,6-3+,7-5+. The zero-order chi connectivity index (χ0) is 7.11. The molecule has 0 radical (unpaired) electrons. The SMILES string of the molecule is C\C=C/C(O)=C\C=C\I. The average Bonchev–Trinajstić information content (AvgIpc) is 1.85. The fraction of sp³-hybridized carbons (Fsp3) is 0.143. The van der Waals surface area contributed by atoms with Crippen LogP contribution in [0.4, 0.5) is 0 Å². The van der Waals surface area contributed by atoms with Crippen molar-refractivity contribution in [2.75, 3.05) is 0 Å². The molecule has 0 unspecified atom stereocenters. The maximum absolute atomic E-state index is 8.90. The molecule has 0 saturated heterocycles. The Labute approximate surface area is 68.9 Å². The molecule has 1 N–H and O–H groups in total. The molecule has 0 aliphatic heterocycles. The van der Waals surface area contributed by atoms with E-state index in [0.717, 1.165) is 0 Å². The van der Waals surface area contributed by atoms with Crippen molar-refractivity contribution in [2.24, 2.45) is 0 Å². The topological polar surface area (TPSA) is 20.2 Å². The Morgan fingerprint density at radius 1 is 1.56 bits per heavy atom. The molecule has 0 heterocycles. The van der Waals surface area contributed by atoms with Crippen LogP contribution in [0.1, 0.15) is 6.92 Å². The zero-order valence-corrected chi connectivity index (χ0v) is 7.37. The van der Waals surface area contributed by atoms with Gasteiger partial charge >= 0.3 is 0 Å². The highest BCUT2D eigenvalue weighted by molar-refractivity contribution is 14.1. The fourth-order valence-corrected chi connectivity index (χ4v) is 0.569. The largest absolute Gasteiger partial charge is 0.508 e. The molecule has 0 aromatic rings. The van der Waals surface area contributed by atoms with Crippen molar-refractivity contribution in [3.8, 4) is 0 Å². The van der Waals surface area contributed by atoms with Gasteiger partial charge in [0.1, 0.15) is 5.76 Å². The smallest absolute Gasteiger partial charge is 0.115 e. The Kier molecular flexibility index (Phi) is 5.72. The molecule has 0 aromatic carbocycles. The van der Waals surface area contributed by atoms with Gasteiger partial charge in [0.15, 0.2) is 0 Å². The van der Waals surface area contributed by atoms with Crippen molar-refractivity contribution in [3.63, 3.8) is 0 Å². The Bertz CT molecular complexity index is 145. The van der Waals surface area contributed by atoms with E-state index in [1.165, 1.54) is 0 Å². The molecule has 0 aliphatic carbocycles. The van der Waals surface area contributed by atoms with Crippen molar-refractivity contribution in [2.45, 2.75) is 6.92 Å². The van der Waals surface area contributed by atoms with Crippen LogP contribution in [-0.4, -0.2) is 5.11 Å². The van der Waals surface area contributed by atoms with Crippen LogP contribution in [0.5, 0.6) is 0 Å². The van der Waals surface area contributed by atoms with E-state index < -0.39 is 0 Å². The minimum absolute atomic E-state index is 0.283. The molecular weight excluding hydrogens is 227 g/mol. The molecular formula is C7H9IO. The van der Waals surface area contributed by atoms with Gasteiger partial charge in [-0.25, -0.2) is 0 Å². The lowest BCUT2D eigenvalue weighted by Crippen LogP contribution is -1.68. The molecule has 50 valence electrons. The number of hydrogen-bond acceptors (Lipinski definition) is 1. The Balaban J connectivity index is 3.84. The Morgan fingerprint density at radius 2 is 2.22 bits per heavy atom. The summed E-state index contributed by atoms with van der Waals surface area (Å²) in [4.78, 5) is 0. The Morgan fingerprint density at radius 3 is 2.67 bits per heavy atom. The van der Waals surface area contributed by atoms with E-state index in [1.54, 1.807) is 24.3 Å². The number of hydrogen-bond donors (Lipinski definition) is 1. The third kappa shape index (κ3) is 5.62. The van der Waals surface area contributed by atoms with E-state index in [0.29, 0.717) is 0 Å². The first-order valence-corrected chi connectivity index (χ1v) is 3.84. The second kappa shape index (κ2) is 5.88. The molecule has 0 bridgehead atoms. The van der Waals surface area contributed by atoms with Crippen molar-refractivity contribution in [3.05, 3.63) is 34.1 Å². The number of aliphatic hydroxyl groups excluding tert-OH is 1. The maximum atomic E-state index is 8.90. The van der Waals surface area contributed by atoms with Crippen LogP contribution in [0.3, 0.4) is 0 Å². The summed E-state index contributed by atoms with van der Waals surface area (Å²) in [5.41, 5.74) is 0. The quantitative estimate of drug-likeness (QED) is 0.444. The highest BCUT2D eigenvalue weighted by Gasteiger charge is 1.76. The van der Waals surface area contributed by atoms with Gasteiger partial charge < -0.3 is 5.11 Å². The summed E-state index contributed by atoms with van der Waals surface area (Å²) in [6.45, 7) is 1.86. The van der Waals surface area contributed by atoms with Gasteiger partial charge in [-0.1, -0.05) is 34.7 Å². The third-order valence-electron chi connectivity index (χ3n) is 0.677. The number of aliphatic hydroxyl groups is 1. The van der Waals surface area contributed by atoms with Gasteiger partial charge in [0, 0.05) is 0 Å². The molecule has 0 atom stereocenters. The van der Waals surface area contributed by atoms with Gasteiger partial charge in [0.2, 0.25) is 0 Å². The fourth-order valence-electron chi connectivity index (χ4n) is 0.361. The lowest BCUT2D eigenvalue weighted by atomic mass is 10.4. The van der Waals surface area contributed by atoms with Gasteiger partial charge in [0.25, 0.3) is 0 Å². The molecule has 0 fully saturated rings. The molecule has 0 rings (SSSR count). The molecule has 0 spiro atoms. The monoisotopic (exact) mass is 236 g/mol. The summed E-state index contributed by atoms with van der Waals surface area (Å²) in [5, 5.41) is 8.90.